The summed E-state index contributed by atoms with van der Waals surface area (Å²) in [7, 11) is 1.59. The second-order valence-electron chi connectivity index (χ2n) is 6.21. The van der Waals surface area contributed by atoms with Crippen LogP contribution in [0.1, 0.15) is 41.1 Å². The molecule has 6 nitrogen and oxygen atoms in total. The maximum absolute atomic E-state index is 12.6. The van der Waals surface area contributed by atoms with Gasteiger partial charge in [-0.1, -0.05) is 0 Å². The summed E-state index contributed by atoms with van der Waals surface area (Å²) in [5.74, 6) is 0.594. The first-order valence-electron chi connectivity index (χ1n) is 8.96. The molecule has 1 aromatic carbocycles. The predicted octanol–water partition coefficient (Wildman–Crippen LogP) is 3.83. The van der Waals surface area contributed by atoms with E-state index in [1.54, 1.807) is 45.2 Å². The zero-order chi connectivity index (χ0) is 19.4. The molecule has 144 valence electrons. The molecule has 0 bridgehead atoms. The lowest BCUT2D eigenvalue weighted by molar-refractivity contribution is -0.122. The zero-order valence-corrected chi connectivity index (χ0v) is 16.5. The predicted molar refractivity (Wildman–Crippen MR) is 104 cm³/mol. The van der Waals surface area contributed by atoms with Gasteiger partial charge in [0.05, 0.1) is 19.3 Å². The molecule has 1 atom stereocenters. The van der Waals surface area contributed by atoms with E-state index >= 15 is 0 Å². The van der Waals surface area contributed by atoms with Gasteiger partial charge in [-0.15, -0.1) is 11.3 Å². The molecule has 0 spiro atoms. The Morgan fingerprint density at radius 2 is 1.89 bits per heavy atom. The van der Waals surface area contributed by atoms with Crippen molar-refractivity contribution in [2.45, 2.75) is 39.2 Å². The highest BCUT2D eigenvalue weighted by Gasteiger charge is 2.29. The first-order chi connectivity index (χ1) is 13.0. The van der Waals surface area contributed by atoms with E-state index in [4.69, 9.17) is 14.2 Å². The van der Waals surface area contributed by atoms with Crippen LogP contribution in [0.3, 0.4) is 0 Å². The minimum Gasteiger partial charge on any atom is -0.497 e. The molecule has 1 aromatic heterocycles. The zero-order valence-electron chi connectivity index (χ0n) is 15.7. The Morgan fingerprint density at radius 3 is 2.56 bits per heavy atom. The standard InChI is InChI=1S/C20H23NO5S/c1-4-25-20(23)17-15-6-5-7-16(15)27-19(17)21-18(22)12(2)26-14-10-8-13(24-3)9-11-14/h8-12H,4-7H2,1-3H3,(H,21,22)/t12-/m0/s1. The number of methoxy groups -OCH3 is 1. The van der Waals surface area contributed by atoms with Crippen LogP contribution >= 0.6 is 11.3 Å². The molecule has 0 saturated heterocycles. The molecular weight excluding hydrogens is 366 g/mol. The minimum absolute atomic E-state index is 0.299. The number of ether oxygens (including phenoxy) is 3. The number of nitrogens with one attached hydrogen (secondary N) is 1. The number of amides is 1. The van der Waals surface area contributed by atoms with Gasteiger partial charge in [0.15, 0.2) is 6.10 Å². The summed E-state index contributed by atoms with van der Waals surface area (Å²) in [5.41, 5.74) is 1.51. The number of aryl methyl sites for hydroxylation is 1. The largest absolute Gasteiger partial charge is 0.497 e. The number of fused-ring (bicyclic) bond motifs is 1. The number of anilines is 1. The van der Waals surface area contributed by atoms with Crippen LogP contribution in [0.2, 0.25) is 0 Å². The topological polar surface area (TPSA) is 73.9 Å². The molecule has 27 heavy (non-hydrogen) atoms. The number of benzene rings is 1. The maximum Gasteiger partial charge on any atom is 0.341 e. The third kappa shape index (κ3) is 4.24. The quantitative estimate of drug-likeness (QED) is 0.729. The molecule has 7 heteroatoms. The number of hydrogen-bond acceptors (Lipinski definition) is 6. The van der Waals surface area contributed by atoms with Crippen LogP contribution in [0.15, 0.2) is 24.3 Å². The molecule has 0 saturated carbocycles. The summed E-state index contributed by atoms with van der Waals surface area (Å²) >= 11 is 1.45. The van der Waals surface area contributed by atoms with Crippen LogP contribution < -0.4 is 14.8 Å². The van der Waals surface area contributed by atoms with Gasteiger partial charge in [0.1, 0.15) is 16.5 Å². The lowest BCUT2D eigenvalue weighted by Crippen LogP contribution is -2.30. The molecule has 0 fully saturated rings. The van der Waals surface area contributed by atoms with E-state index in [-0.39, 0.29) is 11.9 Å². The summed E-state index contributed by atoms with van der Waals surface area (Å²) in [4.78, 5) is 26.1. The van der Waals surface area contributed by atoms with Crippen molar-refractivity contribution >= 4 is 28.2 Å². The Hall–Kier alpha value is -2.54. The van der Waals surface area contributed by atoms with Crippen molar-refractivity contribution in [1.29, 1.82) is 0 Å². The van der Waals surface area contributed by atoms with Crippen LogP contribution in [-0.4, -0.2) is 31.7 Å². The molecule has 0 aliphatic heterocycles. The molecule has 3 rings (SSSR count). The van der Waals surface area contributed by atoms with E-state index in [1.807, 2.05) is 0 Å². The fourth-order valence-corrected chi connectivity index (χ4v) is 4.32. The first kappa shape index (κ1) is 19.2. The van der Waals surface area contributed by atoms with Crippen LogP contribution in [-0.2, 0) is 22.4 Å². The van der Waals surface area contributed by atoms with Crippen molar-refractivity contribution in [3.05, 3.63) is 40.3 Å². The van der Waals surface area contributed by atoms with E-state index in [9.17, 15) is 9.59 Å². The van der Waals surface area contributed by atoms with Gasteiger partial charge >= 0.3 is 5.97 Å². The number of thiophene rings is 1. The van der Waals surface area contributed by atoms with Gasteiger partial charge in [-0.2, -0.15) is 0 Å². The fourth-order valence-electron chi connectivity index (χ4n) is 3.04. The summed E-state index contributed by atoms with van der Waals surface area (Å²) in [6, 6.07) is 7.02. The fraction of sp³-hybridized carbons (Fsp3) is 0.400. The first-order valence-corrected chi connectivity index (χ1v) is 9.78. The number of carbonyl (C=O) groups excluding carboxylic acids is 2. The highest BCUT2D eigenvalue weighted by molar-refractivity contribution is 7.17. The monoisotopic (exact) mass is 389 g/mol. The van der Waals surface area contributed by atoms with E-state index in [2.05, 4.69) is 5.32 Å². The van der Waals surface area contributed by atoms with Crippen molar-refractivity contribution in [2.24, 2.45) is 0 Å². The molecule has 1 aliphatic carbocycles. The third-order valence-corrected chi connectivity index (χ3v) is 5.59. The van der Waals surface area contributed by atoms with Crippen LogP contribution in [0.4, 0.5) is 5.00 Å². The van der Waals surface area contributed by atoms with E-state index in [1.165, 1.54) is 11.3 Å². The lowest BCUT2D eigenvalue weighted by atomic mass is 10.1. The van der Waals surface area contributed by atoms with Gasteiger partial charge in [-0.3, -0.25) is 4.79 Å². The summed E-state index contributed by atoms with van der Waals surface area (Å²) < 4.78 is 16.0. The number of carbonyl (C=O) groups is 2. The third-order valence-electron chi connectivity index (χ3n) is 4.38. The Kier molecular flexibility index (Phi) is 6.01. The lowest BCUT2D eigenvalue weighted by Gasteiger charge is -2.15. The Labute approximate surface area is 162 Å². The second kappa shape index (κ2) is 8.43. The van der Waals surface area contributed by atoms with Gasteiger partial charge < -0.3 is 19.5 Å². The molecule has 0 unspecified atom stereocenters. The van der Waals surface area contributed by atoms with Gasteiger partial charge in [0, 0.05) is 4.88 Å². The molecule has 1 N–H and O–H groups in total. The SMILES string of the molecule is CCOC(=O)c1c(NC(=O)[C@H](C)Oc2ccc(OC)cc2)sc2c1CCC2. The number of hydrogen-bond donors (Lipinski definition) is 1. The summed E-state index contributed by atoms with van der Waals surface area (Å²) in [5, 5.41) is 3.40. The van der Waals surface area contributed by atoms with Crippen LogP contribution in [0.25, 0.3) is 0 Å². The molecule has 2 aromatic rings. The summed E-state index contributed by atoms with van der Waals surface area (Å²) in [6.07, 6.45) is 2.08. The Bertz CT molecular complexity index is 828. The van der Waals surface area contributed by atoms with Crippen molar-refractivity contribution in [3.63, 3.8) is 0 Å². The Morgan fingerprint density at radius 1 is 1.19 bits per heavy atom. The normalized spacial score (nSPS) is 13.6. The van der Waals surface area contributed by atoms with Gasteiger partial charge in [-0.05, 0) is 62.9 Å². The van der Waals surface area contributed by atoms with Crippen molar-refractivity contribution in [3.8, 4) is 11.5 Å². The van der Waals surface area contributed by atoms with Gasteiger partial charge in [0.25, 0.3) is 5.91 Å². The second-order valence-corrected chi connectivity index (χ2v) is 7.31. The maximum atomic E-state index is 12.6. The summed E-state index contributed by atoms with van der Waals surface area (Å²) in [6.45, 7) is 3.74. The average molecular weight is 389 g/mol. The van der Waals surface area contributed by atoms with E-state index < -0.39 is 6.10 Å². The van der Waals surface area contributed by atoms with Crippen LogP contribution in [0.5, 0.6) is 11.5 Å². The number of esters is 1. The van der Waals surface area contributed by atoms with E-state index in [0.29, 0.717) is 28.7 Å². The van der Waals surface area contributed by atoms with E-state index in [0.717, 1.165) is 29.7 Å². The van der Waals surface area contributed by atoms with Gasteiger partial charge in [0.2, 0.25) is 0 Å². The molecular formula is C20H23NO5S. The van der Waals surface area contributed by atoms with Crippen LogP contribution in [0, 0.1) is 0 Å². The highest BCUT2D eigenvalue weighted by atomic mass is 32.1. The molecule has 1 amide bonds. The highest BCUT2D eigenvalue weighted by Crippen LogP contribution is 2.39. The number of rotatable bonds is 7. The van der Waals surface area contributed by atoms with Gasteiger partial charge in [-0.25, -0.2) is 4.79 Å². The van der Waals surface area contributed by atoms with Crippen molar-refractivity contribution < 1.29 is 23.8 Å². The van der Waals surface area contributed by atoms with Crippen molar-refractivity contribution in [1.82, 2.24) is 0 Å². The average Bonchev–Trinajstić information content (AvgIpc) is 3.23. The minimum atomic E-state index is -0.717. The van der Waals surface area contributed by atoms with Crippen molar-refractivity contribution in [2.75, 3.05) is 19.0 Å². The molecule has 1 heterocycles. The Balaban J connectivity index is 1.72. The molecule has 0 radical (unpaired) electrons. The molecule has 1 aliphatic rings. The smallest absolute Gasteiger partial charge is 0.341 e.